The van der Waals surface area contributed by atoms with Gasteiger partial charge in [-0.25, -0.2) is 0 Å². The van der Waals surface area contributed by atoms with Crippen LogP contribution in [0.15, 0.2) is 4.52 Å². The highest BCUT2D eigenvalue weighted by molar-refractivity contribution is 5.75. The molecule has 0 N–H and O–H groups in total. The van der Waals surface area contributed by atoms with Crippen LogP contribution in [0, 0.1) is 12.8 Å². The Labute approximate surface area is 138 Å². The Morgan fingerprint density at radius 1 is 1.30 bits per heavy atom. The van der Waals surface area contributed by atoms with E-state index in [-0.39, 0.29) is 5.91 Å². The van der Waals surface area contributed by atoms with Gasteiger partial charge in [-0.3, -0.25) is 4.79 Å². The molecule has 128 valence electrons. The first-order chi connectivity index (χ1) is 11.1. The minimum atomic E-state index is 0.175. The van der Waals surface area contributed by atoms with E-state index < -0.39 is 0 Å². The Kier molecular flexibility index (Phi) is 5.30. The lowest BCUT2D eigenvalue weighted by Gasteiger charge is -2.44. The Morgan fingerprint density at radius 2 is 2.13 bits per heavy atom. The van der Waals surface area contributed by atoms with Crippen LogP contribution >= 0.6 is 0 Å². The molecule has 2 saturated heterocycles. The van der Waals surface area contributed by atoms with E-state index in [4.69, 9.17) is 4.52 Å². The van der Waals surface area contributed by atoms with Gasteiger partial charge in [0.15, 0.2) is 5.82 Å². The van der Waals surface area contributed by atoms with Crippen LogP contribution in [0.1, 0.15) is 56.7 Å². The number of carbonyl (C=O) groups is 1. The number of aromatic nitrogens is 2. The predicted octanol–water partition coefficient (Wildman–Crippen LogP) is 2.38. The van der Waals surface area contributed by atoms with Crippen LogP contribution < -0.4 is 0 Å². The van der Waals surface area contributed by atoms with Crippen molar-refractivity contribution in [1.82, 2.24) is 19.9 Å². The van der Waals surface area contributed by atoms with Gasteiger partial charge in [0.2, 0.25) is 11.8 Å². The van der Waals surface area contributed by atoms with Crippen molar-refractivity contribution in [3.8, 4) is 0 Å². The smallest absolute Gasteiger partial charge is 0.246 e. The largest absolute Gasteiger partial charge is 0.337 e. The highest BCUT2D eigenvalue weighted by atomic mass is 16.5. The van der Waals surface area contributed by atoms with E-state index in [9.17, 15) is 4.79 Å². The highest BCUT2D eigenvalue weighted by Crippen LogP contribution is 2.33. The van der Waals surface area contributed by atoms with Crippen molar-refractivity contribution in [2.45, 2.75) is 64.5 Å². The van der Waals surface area contributed by atoms with Gasteiger partial charge in [0, 0.05) is 19.5 Å². The van der Waals surface area contributed by atoms with Crippen LogP contribution in [-0.2, 0) is 11.3 Å². The molecule has 0 spiro atoms. The molecule has 1 aromatic heterocycles. The summed E-state index contributed by atoms with van der Waals surface area (Å²) in [6, 6.07) is 0.717. The van der Waals surface area contributed by atoms with E-state index in [0.29, 0.717) is 36.6 Å². The highest BCUT2D eigenvalue weighted by Gasteiger charge is 2.33. The zero-order valence-electron chi connectivity index (χ0n) is 14.3. The zero-order chi connectivity index (χ0) is 16.2. The standard InChI is InChI=1S/C17H28N4O2/c1-13-18-16(23-19-13)12-20(2)17(22)9-8-14-6-5-11-21-10-4-3-7-15(14)21/h14-15H,3-12H2,1-2H3/t14-,15+/m0/s1. The number of carbonyl (C=O) groups excluding carboxylic acids is 1. The Morgan fingerprint density at radius 3 is 2.91 bits per heavy atom. The van der Waals surface area contributed by atoms with E-state index in [2.05, 4.69) is 15.0 Å². The van der Waals surface area contributed by atoms with E-state index in [1.165, 1.54) is 45.2 Å². The minimum Gasteiger partial charge on any atom is -0.337 e. The molecule has 1 aromatic rings. The minimum absolute atomic E-state index is 0.175. The van der Waals surface area contributed by atoms with Crippen LogP contribution in [-0.4, -0.2) is 52.0 Å². The summed E-state index contributed by atoms with van der Waals surface area (Å²) in [4.78, 5) is 20.9. The van der Waals surface area contributed by atoms with Gasteiger partial charge in [-0.2, -0.15) is 4.98 Å². The Hall–Kier alpha value is -1.43. The van der Waals surface area contributed by atoms with Crippen LogP contribution in [0.3, 0.4) is 0 Å². The summed E-state index contributed by atoms with van der Waals surface area (Å²) >= 11 is 0. The molecule has 0 aliphatic carbocycles. The van der Waals surface area contributed by atoms with E-state index in [1.807, 2.05) is 7.05 Å². The lowest BCUT2D eigenvalue weighted by Crippen LogP contribution is -2.48. The molecule has 6 heteroatoms. The average Bonchev–Trinajstić information content (AvgIpc) is 2.97. The van der Waals surface area contributed by atoms with Crippen molar-refractivity contribution in [1.29, 1.82) is 0 Å². The monoisotopic (exact) mass is 320 g/mol. The molecule has 3 heterocycles. The second kappa shape index (κ2) is 7.43. The van der Waals surface area contributed by atoms with E-state index >= 15 is 0 Å². The molecule has 0 aromatic carbocycles. The summed E-state index contributed by atoms with van der Waals surface area (Å²) in [5, 5.41) is 3.76. The fourth-order valence-corrected chi connectivity index (χ4v) is 4.11. The predicted molar refractivity (Wildman–Crippen MR) is 86.7 cm³/mol. The molecular formula is C17H28N4O2. The Balaban J connectivity index is 1.47. The molecule has 3 rings (SSSR count). The van der Waals surface area contributed by atoms with E-state index in [1.54, 1.807) is 11.8 Å². The zero-order valence-corrected chi connectivity index (χ0v) is 14.3. The maximum Gasteiger partial charge on any atom is 0.246 e. The molecular weight excluding hydrogens is 292 g/mol. The normalized spacial score (nSPS) is 25.1. The fraction of sp³-hybridized carbons (Fsp3) is 0.824. The average molecular weight is 320 g/mol. The summed E-state index contributed by atoms with van der Waals surface area (Å²) in [5.41, 5.74) is 0. The summed E-state index contributed by atoms with van der Waals surface area (Å²) in [6.07, 6.45) is 8.20. The molecule has 1 amide bonds. The Bertz CT molecular complexity index is 528. The van der Waals surface area contributed by atoms with Crippen LogP contribution in [0.4, 0.5) is 0 Å². The molecule has 0 radical (unpaired) electrons. The molecule has 6 nitrogen and oxygen atoms in total. The van der Waals surface area contributed by atoms with Crippen LogP contribution in [0.2, 0.25) is 0 Å². The van der Waals surface area contributed by atoms with Crippen molar-refractivity contribution in [3.05, 3.63) is 11.7 Å². The van der Waals surface area contributed by atoms with Crippen molar-refractivity contribution in [3.63, 3.8) is 0 Å². The van der Waals surface area contributed by atoms with E-state index in [0.717, 1.165) is 6.42 Å². The summed E-state index contributed by atoms with van der Waals surface area (Å²) in [5.74, 6) is 1.98. The first-order valence-corrected chi connectivity index (χ1v) is 8.90. The first-order valence-electron chi connectivity index (χ1n) is 8.90. The summed E-state index contributed by atoms with van der Waals surface area (Å²) in [7, 11) is 1.82. The van der Waals surface area contributed by atoms with Crippen LogP contribution in [0.5, 0.6) is 0 Å². The van der Waals surface area contributed by atoms with Gasteiger partial charge in [0.25, 0.3) is 0 Å². The number of aryl methyl sites for hydroxylation is 1. The molecule has 0 unspecified atom stereocenters. The molecule has 23 heavy (non-hydrogen) atoms. The lowest BCUT2D eigenvalue weighted by atomic mass is 9.81. The van der Waals surface area contributed by atoms with Crippen molar-refractivity contribution >= 4 is 5.91 Å². The fourth-order valence-electron chi connectivity index (χ4n) is 4.11. The van der Waals surface area contributed by atoms with Gasteiger partial charge in [-0.05, 0) is 58.0 Å². The molecule has 2 fully saturated rings. The first kappa shape index (κ1) is 16.4. The number of hydrogen-bond acceptors (Lipinski definition) is 5. The summed E-state index contributed by atoms with van der Waals surface area (Å²) in [6.45, 7) is 4.70. The number of piperidine rings is 2. The quantitative estimate of drug-likeness (QED) is 0.833. The van der Waals surface area contributed by atoms with Gasteiger partial charge >= 0.3 is 0 Å². The number of fused-ring (bicyclic) bond motifs is 1. The van der Waals surface area contributed by atoms with Gasteiger partial charge in [0.05, 0.1) is 6.54 Å². The molecule has 0 saturated carbocycles. The third-order valence-corrected chi connectivity index (χ3v) is 5.33. The second-order valence-electron chi connectivity index (χ2n) is 7.03. The number of amides is 1. The van der Waals surface area contributed by atoms with Gasteiger partial charge in [0.1, 0.15) is 0 Å². The summed E-state index contributed by atoms with van der Waals surface area (Å²) < 4.78 is 5.09. The molecule has 2 aliphatic heterocycles. The lowest BCUT2D eigenvalue weighted by molar-refractivity contribution is -0.131. The van der Waals surface area contributed by atoms with Gasteiger partial charge in [-0.1, -0.05) is 11.6 Å². The van der Waals surface area contributed by atoms with Crippen molar-refractivity contribution < 1.29 is 9.32 Å². The van der Waals surface area contributed by atoms with Crippen molar-refractivity contribution in [2.75, 3.05) is 20.1 Å². The van der Waals surface area contributed by atoms with Gasteiger partial charge in [-0.15, -0.1) is 0 Å². The van der Waals surface area contributed by atoms with Gasteiger partial charge < -0.3 is 14.3 Å². The van der Waals surface area contributed by atoms with Crippen molar-refractivity contribution in [2.24, 2.45) is 5.92 Å². The SMILES string of the molecule is Cc1noc(CN(C)C(=O)CC[C@@H]2CCCN3CCCC[C@H]23)n1. The molecule has 2 atom stereocenters. The third kappa shape index (κ3) is 4.10. The number of hydrogen-bond donors (Lipinski definition) is 0. The number of rotatable bonds is 5. The van der Waals surface area contributed by atoms with Crippen LogP contribution in [0.25, 0.3) is 0 Å². The molecule has 0 bridgehead atoms. The number of nitrogens with zero attached hydrogens (tertiary/aromatic N) is 4. The second-order valence-corrected chi connectivity index (χ2v) is 7.03. The maximum atomic E-state index is 12.4. The topological polar surface area (TPSA) is 62.5 Å². The molecule has 2 aliphatic rings. The maximum absolute atomic E-state index is 12.4. The third-order valence-electron chi connectivity index (χ3n) is 5.33.